The van der Waals surface area contributed by atoms with Gasteiger partial charge in [0.15, 0.2) is 0 Å². The second kappa shape index (κ2) is 8.27. The van der Waals surface area contributed by atoms with Crippen molar-refractivity contribution in [2.75, 3.05) is 13.7 Å². The van der Waals surface area contributed by atoms with E-state index in [1.165, 1.54) is 5.56 Å². The Labute approximate surface area is 159 Å². The van der Waals surface area contributed by atoms with Crippen molar-refractivity contribution < 1.29 is 14.6 Å². The van der Waals surface area contributed by atoms with E-state index in [-0.39, 0.29) is 0 Å². The van der Waals surface area contributed by atoms with Crippen LogP contribution in [0.15, 0.2) is 42.5 Å². The quantitative estimate of drug-likeness (QED) is 0.587. The lowest BCUT2D eigenvalue weighted by Gasteiger charge is -2.10. The summed E-state index contributed by atoms with van der Waals surface area (Å²) in [5, 5.41) is 14.3. The number of rotatable bonds is 8. The van der Waals surface area contributed by atoms with Gasteiger partial charge in [-0.1, -0.05) is 36.8 Å². The monoisotopic (exact) mass is 366 g/mol. The molecule has 2 aromatic carbocycles. The van der Waals surface area contributed by atoms with E-state index in [1.54, 1.807) is 7.11 Å². The molecule has 5 heteroatoms. The largest absolute Gasteiger partial charge is 0.497 e. The first-order valence-corrected chi connectivity index (χ1v) is 9.23. The van der Waals surface area contributed by atoms with Crippen LogP contribution in [0.2, 0.25) is 0 Å². The molecule has 0 aliphatic rings. The number of aryl methyl sites for hydroxylation is 1. The molecule has 142 valence electrons. The Kier molecular flexibility index (Phi) is 5.81. The maximum Gasteiger partial charge on any atom is 0.352 e. The van der Waals surface area contributed by atoms with E-state index < -0.39 is 5.97 Å². The number of ether oxygens (including phenoxy) is 1. The van der Waals surface area contributed by atoms with Crippen molar-refractivity contribution in [3.63, 3.8) is 0 Å². The number of carbonyl (C=O) groups is 1. The van der Waals surface area contributed by atoms with Crippen molar-refractivity contribution >= 4 is 16.9 Å². The van der Waals surface area contributed by atoms with Gasteiger partial charge in [-0.25, -0.2) is 4.79 Å². The molecule has 0 amide bonds. The number of nitrogens with one attached hydrogen (secondary N) is 1. The Bertz CT molecular complexity index is 942. The summed E-state index contributed by atoms with van der Waals surface area (Å²) in [6, 6.07) is 13.9. The molecule has 0 aliphatic carbocycles. The normalized spacial score (nSPS) is 11.1. The highest BCUT2D eigenvalue weighted by Gasteiger charge is 2.22. The van der Waals surface area contributed by atoms with Crippen LogP contribution in [-0.4, -0.2) is 29.3 Å². The van der Waals surface area contributed by atoms with Gasteiger partial charge in [-0.15, -0.1) is 0 Å². The van der Waals surface area contributed by atoms with Gasteiger partial charge in [0.2, 0.25) is 0 Å². The van der Waals surface area contributed by atoms with Crippen LogP contribution in [0.1, 0.15) is 40.5 Å². The van der Waals surface area contributed by atoms with E-state index in [0.29, 0.717) is 18.8 Å². The van der Waals surface area contributed by atoms with Crippen molar-refractivity contribution in [3.8, 4) is 5.75 Å². The molecule has 0 bridgehead atoms. The molecule has 0 aliphatic heterocycles. The number of hydrogen-bond donors (Lipinski definition) is 2. The minimum absolute atomic E-state index is 0.336. The summed E-state index contributed by atoms with van der Waals surface area (Å²) < 4.78 is 7.26. The first kappa shape index (κ1) is 19.0. The zero-order chi connectivity index (χ0) is 19.4. The van der Waals surface area contributed by atoms with Gasteiger partial charge in [-0.3, -0.25) is 0 Å². The minimum Gasteiger partial charge on any atom is -0.497 e. The third-order valence-corrected chi connectivity index (χ3v) is 4.77. The van der Waals surface area contributed by atoms with Crippen molar-refractivity contribution in [1.29, 1.82) is 0 Å². The number of fused-ring (bicyclic) bond motifs is 1. The van der Waals surface area contributed by atoms with Gasteiger partial charge in [0, 0.05) is 30.1 Å². The van der Waals surface area contributed by atoms with Crippen LogP contribution in [-0.2, 0) is 13.1 Å². The van der Waals surface area contributed by atoms with Crippen LogP contribution >= 0.6 is 0 Å². The summed E-state index contributed by atoms with van der Waals surface area (Å²) >= 11 is 0. The average molecular weight is 366 g/mol. The van der Waals surface area contributed by atoms with Gasteiger partial charge in [0.05, 0.1) is 12.6 Å². The smallest absolute Gasteiger partial charge is 0.352 e. The van der Waals surface area contributed by atoms with Crippen molar-refractivity contribution in [1.82, 2.24) is 9.88 Å². The van der Waals surface area contributed by atoms with Gasteiger partial charge in [-0.2, -0.15) is 0 Å². The van der Waals surface area contributed by atoms with E-state index in [0.717, 1.165) is 40.7 Å². The summed E-state index contributed by atoms with van der Waals surface area (Å²) in [5.41, 5.74) is 4.28. The number of carboxylic acid groups (broad SMARTS) is 1. The van der Waals surface area contributed by atoms with Crippen molar-refractivity contribution in [2.45, 2.75) is 33.4 Å². The molecule has 1 aromatic heterocycles. The van der Waals surface area contributed by atoms with Gasteiger partial charge in [0.1, 0.15) is 11.4 Å². The predicted molar refractivity (Wildman–Crippen MR) is 108 cm³/mol. The fraction of sp³-hybridized carbons (Fsp3) is 0.318. The number of methoxy groups -OCH3 is 1. The summed E-state index contributed by atoms with van der Waals surface area (Å²) in [6.07, 6.45) is 0.998. The molecule has 3 aromatic rings. The highest BCUT2D eigenvalue weighted by molar-refractivity contribution is 5.98. The van der Waals surface area contributed by atoms with Crippen molar-refractivity contribution in [3.05, 3.63) is 64.8 Å². The Morgan fingerprint density at radius 1 is 1.19 bits per heavy atom. The number of aromatic nitrogens is 1. The van der Waals surface area contributed by atoms with Crippen LogP contribution in [0, 0.1) is 6.92 Å². The summed E-state index contributed by atoms with van der Waals surface area (Å²) in [7, 11) is 1.62. The van der Waals surface area contributed by atoms with Crippen molar-refractivity contribution in [2.24, 2.45) is 0 Å². The van der Waals surface area contributed by atoms with Crippen LogP contribution in [0.4, 0.5) is 0 Å². The summed E-state index contributed by atoms with van der Waals surface area (Å²) in [6.45, 7) is 6.01. The molecule has 5 nitrogen and oxygen atoms in total. The Balaban J connectivity index is 2.16. The third kappa shape index (κ3) is 3.98. The second-order valence-corrected chi connectivity index (χ2v) is 6.76. The fourth-order valence-corrected chi connectivity index (χ4v) is 3.38. The number of aromatic carboxylic acids is 1. The number of carboxylic acids is 1. The summed E-state index contributed by atoms with van der Waals surface area (Å²) in [4.78, 5) is 12.2. The maximum atomic E-state index is 12.2. The van der Waals surface area contributed by atoms with E-state index in [4.69, 9.17) is 4.74 Å². The Hall–Kier alpha value is -2.79. The molecule has 27 heavy (non-hydrogen) atoms. The molecular weight excluding hydrogens is 340 g/mol. The van der Waals surface area contributed by atoms with Gasteiger partial charge in [-0.05, 0) is 37.6 Å². The number of nitrogens with zero attached hydrogens (tertiary/aromatic N) is 1. The molecule has 2 N–H and O–H groups in total. The lowest BCUT2D eigenvalue weighted by Crippen LogP contribution is -2.18. The topological polar surface area (TPSA) is 63.5 Å². The molecular formula is C22H26N2O3. The molecule has 3 rings (SSSR count). The predicted octanol–water partition coefficient (Wildman–Crippen LogP) is 4.20. The molecule has 0 spiro atoms. The van der Waals surface area contributed by atoms with E-state index in [2.05, 4.69) is 12.2 Å². The van der Waals surface area contributed by atoms with Gasteiger partial charge >= 0.3 is 5.97 Å². The summed E-state index contributed by atoms with van der Waals surface area (Å²) in [5.74, 6) is -0.194. The third-order valence-electron chi connectivity index (χ3n) is 4.77. The molecule has 0 saturated heterocycles. The van der Waals surface area contributed by atoms with Crippen LogP contribution in [0.25, 0.3) is 10.9 Å². The zero-order valence-electron chi connectivity index (χ0n) is 16.1. The van der Waals surface area contributed by atoms with Crippen LogP contribution < -0.4 is 10.1 Å². The van der Waals surface area contributed by atoms with Gasteiger partial charge < -0.3 is 19.7 Å². The first-order valence-electron chi connectivity index (χ1n) is 9.23. The second-order valence-electron chi connectivity index (χ2n) is 6.76. The van der Waals surface area contributed by atoms with E-state index >= 15 is 0 Å². The fourth-order valence-electron chi connectivity index (χ4n) is 3.38. The molecule has 0 radical (unpaired) electrons. The maximum absolute atomic E-state index is 12.2. The Morgan fingerprint density at radius 3 is 2.56 bits per heavy atom. The number of hydrogen-bond acceptors (Lipinski definition) is 3. The minimum atomic E-state index is -0.912. The van der Waals surface area contributed by atoms with Crippen LogP contribution in [0.3, 0.4) is 0 Å². The standard InChI is InChI=1S/C22H26N2O3/c1-4-11-23-13-19-18-10-9-17(27-3)12-20(18)24(21(19)22(25)26)14-16-7-5-15(2)6-8-16/h5-10,12,23H,4,11,13-14H2,1-3H3,(H,25,26). The zero-order valence-corrected chi connectivity index (χ0v) is 16.1. The lowest BCUT2D eigenvalue weighted by atomic mass is 10.1. The lowest BCUT2D eigenvalue weighted by molar-refractivity contribution is 0.0684. The average Bonchev–Trinajstić information content (AvgIpc) is 2.97. The molecule has 1 heterocycles. The molecule has 0 saturated carbocycles. The molecule has 0 unspecified atom stereocenters. The van der Waals surface area contributed by atoms with Crippen LogP contribution in [0.5, 0.6) is 5.75 Å². The molecule has 0 fully saturated rings. The SMILES string of the molecule is CCCNCc1c(C(=O)O)n(Cc2ccc(C)cc2)c2cc(OC)ccc12. The van der Waals surface area contributed by atoms with E-state index in [9.17, 15) is 9.90 Å². The first-order chi connectivity index (χ1) is 13.0. The van der Waals surface area contributed by atoms with Gasteiger partial charge in [0.25, 0.3) is 0 Å². The highest BCUT2D eigenvalue weighted by atomic mass is 16.5. The van der Waals surface area contributed by atoms with E-state index in [1.807, 2.05) is 54.0 Å². The molecule has 0 atom stereocenters. The number of benzene rings is 2. The Morgan fingerprint density at radius 2 is 1.93 bits per heavy atom. The highest BCUT2D eigenvalue weighted by Crippen LogP contribution is 2.30.